The number of aliphatic hydroxyl groups excluding tert-OH is 1. The highest BCUT2D eigenvalue weighted by molar-refractivity contribution is 6.54. The van der Waals surface area contributed by atoms with Crippen molar-refractivity contribution < 1.29 is 29.3 Å². The van der Waals surface area contributed by atoms with Crippen LogP contribution in [0.15, 0.2) is 18.2 Å². The van der Waals surface area contributed by atoms with Crippen LogP contribution in [0.5, 0.6) is 5.75 Å². The second-order valence-corrected chi connectivity index (χ2v) is 9.28. The Morgan fingerprint density at radius 3 is 2.21 bits per heavy atom. The second-order valence-electron chi connectivity index (χ2n) is 7.36. The maximum absolute atomic E-state index is 12.8. The molecule has 3 rings (SSSR count). The summed E-state index contributed by atoms with van der Waals surface area (Å²) in [7, 11) is 0. The maximum Gasteiger partial charge on any atom is 0.338 e. The summed E-state index contributed by atoms with van der Waals surface area (Å²) in [6, 6.07) is 4.35. The summed E-state index contributed by atoms with van der Waals surface area (Å²) in [5.74, 6) is -1.52. The number of carboxylic acid groups (broad SMARTS) is 1. The predicted octanol–water partition coefficient (Wildman–Crippen LogP) is 6.07. The average molecular weight is 558 g/mol. The fourth-order valence-electron chi connectivity index (χ4n) is 2.82. The number of rotatable bonds is 10. The van der Waals surface area contributed by atoms with Gasteiger partial charge in [0.05, 0.1) is 42.8 Å². The summed E-state index contributed by atoms with van der Waals surface area (Å²) in [6.07, 6.45) is 1.50. The van der Waals surface area contributed by atoms with Gasteiger partial charge in [-0.2, -0.15) is 0 Å². The normalized spacial score (nSPS) is 14.1. The molecule has 0 aliphatic heterocycles. The first kappa shape index (κ1) is 26.2. The molecule has 1 unspecified atom stereocenters. The van der Waals surface area contributed by atoms with Crippen molar-refractivity contribution in [1.29, 1.82) is 0 Å². The molecule has 2 aromatic rings. The molecular formula is C21H18Cl5NO6. The molecule has 1 fully saturated rings. The van der Waals surface area contributed by atoms with Crippen molar-refractivity contribution in [2.75, 3.05) is 25.1 Å². The fourth-order valence-corrected chi connectivity index (χ4v) is 4.08. The number of ether oxygens (including phenoxy) is 2. The van der Waals surface area contributed by atoms with Crippen molar-refractivity contribution in [2.45, 2.75) is 18.9 Å². The minimum atomic E-state index is -1.51. The molecule has 1 aliphatic carbocycles. The number of aliphatic hydroxyl groups is 1. The molecule has 0 spiro atoms. The van der Waals surface area contributed by atoms with E-state index in [0.29, 0.717) is 12.5 Å². The molecule has 2 aromatic carbocycles. The Hall–Kier alpha value is -1.45. The number of nitrogens with one attached hydrogen (secondary N) is 1. The third kappa shape index (κ3) is 6.57. The Balaban J connectivity index is 1.68. The molecular weight excluding hydrogens is 539 g/mol. The van der Waals surface area contributed by atoms with Crippen LogP contribution >= 0.6 is 58.0 Å². The monoisotopic (exact) mass is 555 g/mol. The van der Waals surface area contributed by atoms with E-state index in [1.54, 1.807) is 0 Å². The summed E-state index contributed by atoms with van der Waals surface area (Å²) < 4.78 is 10.9. The number of anilines is 1. The van der Waals surface area contributed by atoms with Gasteiger partial charge in [-0.3, -0.25) is 4.79 Å². The molecule has 0 heterocycles. The lowest BCUT2D eigenvalue weighted by Gasteiger charge is -2.15. The second kappa shape index (κ2) is 11.3. The quantitative estimate of drug-likeness (QED) is 0.242. The van der Waals surface area contributed by atoms with Crippen LogP contribution in [-0.4, -0.2) is 48.0 Å². The lowest BCUT2D eigenvalue weighted by atomic mass is 10.1. The van der Waals surface area contributed by atoms with Crippen LogP contribution < -0.4 is 10.1 Å². The summed E-state index contributed by atoms with van der Waals surface area (Å²) >= 11 is 30.2. The molecule has 0 saturated heterocycles. The van der Waals surface area contributed by atoms with Gasteiger partial charge in [0.2, 0.25) is 0 Å². The lowest BCUT2D eigenvalue weighted by molar-refractivity contribution is 0.00874. The van der Waals surface area contributed by atoms with Crippen LogP contribution in [0.25, 0.3) is 0 Å². The zero-order valence-corrected chi connectivity index (χ0v) is 20.6. The van der Waals surface area contributed by atoms with Crippen molar-refractivity contribution in [3.63, 3.8) is 0 Å². The van der Waals surface area contributed by atoms with Gasteiger partial charge >= 0.3 is 5.97 Å². The van der Waals surface area contributed by atoms with Crippen molar-refractivity contribution in [2.24, 2.45) is 5.92 Å². The largest absolute Gasteiger partial charge is 0.489 e. The van der Waals surface area contributed by atoms with E-state index in [-0.39, 0.29) is 44.7 Å². The number of hydrogen-bond donors (Lipinski definition) is 3. The Morgan fingerprint density at radius 2 is 1.64 bits per heavy atom. The molecule has 1 aliphatic rings. The summed E-state index contributed by atoms with van der Waals surface area (Å²) in [4.78, 5) is 24.5. The first-order valence-electron chi connectivity index (χ1n) is 9.68. The highest BCUT2D eigenvalue weighted by atomic mass is 35.5. The molecule has 33 heavy (non-hydrogen) atoms. The first-order valence-corrected chi connectivity index (χ1v) is 11.6. The van der Waals surface area contributed by atoms with Crippen LogP contribution in [0, 0.1) is 5.92 Å². The van der Waals surface area contributed by atoms with Crippen LogP contribution in [0.1, 0.15) is 33.6 Å². The van der Waals surface area contributed by atoms with Crippen molar-refractivity contribution in [1.82, 2.24) is 0 Å². The molecule has 7 nitrogen and oxygen atoms in total. The van der Waals surface area contributed by atoms with Crippen molar-refractivity contribution in [3.05, 3.63) is 54.4 Å². The molecule has 1 amide bonds. The van der Waals surface area contributed by atoms with E-state index < -0.39 is 34.1 Å². The van der Waals surface area contributed by atoms with Crippen LogP contribution in [0.2, 0.25) is 25.1 Å². The molecule has 0 aromatic heterocycles. The standard InChI is InChI=1S/C21H18Cl5NO6/c22-12-5-10(3-4-13(12)33-8-11(28)7-32-6-9-1-2-9)27-20(29)14-15(21(30)31)17(24)19(26)18(25)16(14)23/h3-5,9,11,28H,1-2,6-8H2,(H,27,29)(H,30,31). The minimum absolute atomic E-state index is 0.0323. The van der Waals surface area contributed by atoms with E-state index in [2.05, 4.69) is 5.32 Å². The van der Waals surface area contributed by atoms with Gasteiger partial charge in [-0.25, -0.2) is 4.79 Å². The number of carboxylic acids is 1. The Morgan fingerprint density at radius 1 is 1.00 bits per heavy atom. The Labute approximate surface area is 214 Å². The van der Waals surface area contributed by atoms with Gasteiger partial charge in [0.1, 0.15) is 18.5 Å². The lowest BCUT2D eigenvalue weighted by Crippen LogP contribution is -2.24. The van der Waals surface area contributed by atoms with Gasteiger partial charge in [0.15, 0.2) is 0 Å². The number of aromatic carboxylic acids is 1. The fraction of sp³-hybridized carbons (Fsp3) is 0.333. The van der Waals surface area contributed by atoms with Crippen molar-refractivity contribution in [3.8, 4) is 5.75 Å². The minimum Gasteiger partial charge on any atom is -0.489 e. The molecule has 0 radical (unpaired) electrons. The smallest absolute Gasteiger partial charge is 0.338 e. The average Bonchev–Trinajstić information content (AvgIpc) is 3.58. The molecule has 12 heteroatoms. The third-order valence-electron chi connectivity index (χ3n) is 4.69. The van der Waals surface area contributed by atoms with E-state index in [4.69, 9.17) is 67.5 Å². The van der Waals surface area contributed by atoms with Gasteiger partial charge in [-0.05, 0) is 37.0 Å². The maximum atomic E-state index is 12.8. The number of amides is 1. The number of benzene rings is 2. The number of carbonyl (C=O) groups excluding carboxylic acids is 1. The summed E-state index contributed by atoms with van der Waals surface area (Å²) in [5.41, 5.74) is -0.813. The predicted molar refractivity (Wildman–Crippen MR) is 128 cm³/mol. The number of carbonyl (C=O) groups is 2. The van der Waals surface area contributed by atoms with Crippen LogP contribution in [0.4, 0.5) is 5.69 Å². The topological polar surface area (TPSA) is 105 Å². The van der Waals surface area contributed by atoms with Gasteiger partial charge in [0.25, 0.3) is 5.91 Å². The van der Waals surface area contributed by atoms with Gasteiger partial charge in [-0.15, -0.1) is 0 Å². The van der Waals surface area contributed by atoms with E-state index >= 15 is 0 Å². The Kier molecular flexibility index (Phi) is 8.97. The van der Waals surface area contributed by atoms with E-state index in [1.807, 2.05) is 0 Å². The van der Waals surface area contributed by atoms with Gasteiger partial charge in [-0.1, -0.05) is 58.0 Å². The Bertz CT molecular complexity index is 1080. The van der Waals surface area contributed by atoms with E-state index in [0.717, 1.165) is 12.8 Å². The van der Waals surface area contributed by atoms with Gasteiger partial charge in [0, 0.05) is 12.3 Å². The highest BCUT2D eigenvalue weighted by Crippen LogP contribution is 2.42. The molecule has 3 N–H and O–H groups in total. The molecule has 0 bridgehead atoms. The van der Waals surface area contributed by atoms with Gasteiger partial charge < -0.3 is 25.0 Å². The summed E-state index contributed by atoms with van der Waals surface area (Å²) in [6.45, 7) is 0.750. The van der Waals surface area contributed by atoms with Crippen molar-refractivity contribution >= 4 is 75.6 Å². The van der Waals surface area contributed by atoms with Crippen LogP contribution in [0.3, 0.4) is 0 Å². The SMILES string of the molecule is O=C(O)c1c(Cl)c(Cl)c(Cl)c(Cl)c1C(=O)Nc1ccc(OCC(O)COCC2CC2)c(Cl)c1. The number of halogens is 5. The van der Waals surface area contributed by atoms with Crippen LogP contribution in [-0.2, 0) is 4.74 Å². The zero-order chi connectivity index (χ0) is 24.3. The third-order valence-corrected chi connectivity index (χ3v) is 6.79. The first-order chi connectivity index (χ1) is 15.6. The molecule has 178 valence electrons. The number of hydrogen-bond acceptors (Lipinski definition) is 5. The molecule has 1 saturated carbocycles. The highest BCUT2D eigenvalue weighted by Gasteiger charge is 2.29. The van der Waals surface area contributed by atoms with E-state index in [9.17, 15) is 19.8 Å². The molecule has 1 atom stereocenters. The van der Waals surface area contributed by atoms with E-state index in [1.165, 1.54) is 18.2 Å². The zero-order valence-electron chi connectivity index (χ0n) is 16.8. The summed E-state index contributed by atoms with van der Waals surface area (Å²) in [5, 5.41) is 20.8.